The van der Waals surface area contributed by atoms with E-state index in [0.29, 0.717) is 35.8 Å². The highest BCUT2D eigenvalue weighted by molar-refractivity contribution is 5.97. The average molecular weight is 414 g/mol. The van der Waals surface area contributed by atoms with Gasteiger partial charge in [-0.05, 0) is 31.0 Å². The summed E-state index contributed by atoms with van der Waals surface area (Å²) in [6.07, 6.45) is 3.07. The lowest BCUT2D eigenvalue weighted by molar-refractivity contribution is -0.144. The monoisotopic (exact) mass is 414 g/mol. The van der Waals surface area contributed by atoms with Gasteiger partial charge in [0.05, 0.1) is 11.3 Å². The van der Waals surface area contributed by atoms with E-state index in [4.69, 9.17) is 20.3 Å². The third-order valence-electron chi connectivity index (χ3n) is 4.60. The largest absolute Gasteiger partial charge is 0.489 e. The number of nitrogens with two attached hydrogens (primary N) is 1. The summed E-state index contributed by atoms with van der Waals surface area (Å²) in [7, 11) is 0. The highest BCUT2D eigenvalue weighted by Crippen LogP contribution is 2.31. The number of primary amides is 1. The van der Waals surface area contributed by atoms with Crippen molar-refractivity contribution in [1.29, 1.82) is 0 Å². The van der Waals surface area contributed by atoms with Gasteiger partial charge in [-0.3, -0.25) is 4.79 Å². The van der Waals surface area contributed by atoms with Gasteiger partial charge in [0.1, 0.15) is 30.9 Å². The lowest BCUT2D eigenvalue weighted by Crippen LogP contribution is -2.29. The first-order chi connectivity index (χ1) is 14.5. The third-order valence-corrected chi connectivity index (χ3v) is 4.60. The molecular formula is C19H22N6O5. The standard InChI is InChI=1S/C19H22N6O5/c20-17(28)13-7-22-19(25-18(13)23-10-1-2-10)24-11-3-4-15-14(5-11)21-6-12(8-30-15)29-9-16(26)27/h3-5,7,10,12,21H,1-2,6,8-9H2,(H2,20,28)(H,26,27)(H2,22,23,24,25)/t12-/m0/s1. The Balaban J connectivity index is 1.46. The van der Waals surface area contributed by atoms with Crippen LogP contribution < -0.4 is 26.4 Å². The Morgan fingerprint density at radius 1 is 1.37 bits per heavy atom. The second-order valence-corrected chi connectivity index (χ2v) is 7.09. The molecule has 6 N–H and O–H groups in total. The Labute approximate surface area is 172 Å². The fraction of sp³-hybridized carbons (Fsp3) is 0.368. The smallest absolute Gasteiger partial charge is 0.329 e. The number of carbonyl (C=O) groups excluding carboxylic acids is 1. The van der Waals surface area contributed by atoms with Crippen molar-refractivity contribution in [1.82, 2.24) is 9.97 Å². The van der Waals surface area contributed by atoms with Crippen LogP contribution in [0.3, 0.4) is 0 Å². The van der Waals surface area contributed by atoms with E-state index in [9.17, 15) is 9.59 Å². The van der Waals surface area contributed by atoms with Crippen molar-refractivity contribution < 1.29 is 24.2 Å². The summed E-state index contributed by atoms with van der Waals surface area (Å²) in [6.45, 7) is 0.270. The lowest BCUT2D eigenvalue weighted by atomic mass is 10.2. The Morgan fingerprint density at radius 3 is 2.93 bits per heavy atom. The quantitative estimate of drug-likeness (QED) is 0.424. The molecule has 1 aromatic carbocycles. The second-order valence-electron chi connectivity index (χ2n) is 7.09. The van der Waals surface area contributed by atoms with Crippen molar-refractivity contribution in [2.75, 3.05) is 35.7 Å². The van der Waals surface area contributed by atoms with Crippen LogP contribution in [0.25, 0.3) is 0 Å². The molecule has 1 atom stereocenters. The number of hydrogen-bond acceptors (Lipinski definition) is 9. The number of anilines is 4. The molecule has 11 heteroatoms. The number of nitrogens with one attached hydrogen (secondary N) is 3. The van der Waals surface area contributed by atoms with Gasteiger partial charge in [-0.1, -0.05) is 0 Å². The Bertz CT molecular complexity index is 964. The van der Waals surface area contributed by atoms with Crippen LogP contribution in [0.15, 0.2) is 24.4 Å². The first-order valence-electron chi connectivity index (χ1n) is 9.52. The molecule has 0 unspecified atom stereocenters. The fourth-order valence-electron chi connectivity index (χ4n) is 2.92. The summed E-state index contributed by atoms with van der Waals surface area (Å²) in [5, 5.41) is 18.2. The van der Waals surface area contributed by atoms with Gasteiger partial charge < -0.3 is 36.3 Å². The molecule has 1 fully saturated rings. The van der Waals surface area contributed by atoms with Gasteiger partial charge in [0.15, 0.2) is 0 Å². The summed E-state index contributed by atoms with van der Waals surface area (Å²) < 4.78 is 11.0. The van der Waals surface area contributed by atoms with Gasteiger partial charge in [0, 0.05) is 24.5 Å². The molecule has 1 aliphatic carbocycles. The molecule has 0 saturated heterocycles. The van der Waals surface area contributed by atoms with Crippen LogP contribution in [0, 0.1) is 0 Å². The van der Waals surface area contributed by atoms with Gasteiger partial charge in [0.25, 0.3) is 5.91 Å². The lowest BCUT2D eigenvalue weighted by Gasteiger charge is -2.13. The summed E-state index contributed by atoms with van der Waals surface area (Å²) in [5.41, 5.74) is 7.09. The molecule has 2 aliphatic rings. The van der Waals surface area contributed by atoms with Crippen molar-refractivity contribution in [3.63, 3.8) is 0 Å². The SMILES string of the molecule is NC(=O)c1cnc(Nc2ccc3c(c2)NC[C@H](OCC(=O)O)CO3)nc1NC1CC1. The molecule has 1 saturated carbocycles. The summed E-state index contributed by atoms with van der Waals surface area (Å²) >= 11 is 0. The van der Waals surface area contributed by atoms with E-state index in [1.165, 1.54) is 6.20 Å². The first kappa shape index (κ1) is 19.7. The van der Waals surface area contributed by atoms with Gasteiger partial charge in [-0.25, -0.2) is 9.78 Å². The topological polar surface area (TPSA) is 161 Å². The van der Waals surface area contributed by atoms with Crippen LogP contribution in [0.2, 0.25) is 0 Å². The molecule has 1 amide bonds. The maximum absolute atomic E-state index is 11.6. The molecule has 2 aromatic rings. The molecule has 1 aliphatic heterocycles. The molecule has 4 rings (SSSR count). The zero-order chi connectivity index (χ0) is 21.1. The van der Waals surface area contributed by atoms with Gasteiger partial charge >= 0.3 is 5.97 Å². The minimum atomic E-state index is -1.03. The third kappa shape index (κ3) is 4.87. The van der Waals surface area contributed by atoms with E-state index < -0.39 is 11.9 Å². The predicted octanol–water partition coefficient (Wildman–Crippen LogP) is 1.17. The molecular weight excluding hydrogens is 392 g/mol. The molecule has 30 heavy (non-hydrogen) atoms. The number of carbonyl (C=O) groups is 2. The Morgan fingerprint density at radius 2 is 2.20 bits per heavy atom. The van der Waals surface area contributed by atoms with Crippen LogP contribution >= 0.6 is 0 Å². The highest BCUT2D eigenvalue weighted by atomic mass is 16.5. The number of amides is 1. The van der Waals surface area contributed by atoms with Gasteiger partial charge in [-0.2, -0.15) is 4.98 Å². The van der Waals surface area contributed by atoms with Crippen molar-refractivity contribution in [2.45, 2.75) is 25.0 Å². The first-order valence-corrected chi connectivity index (χ1v) is 9.52. The number of ether oxygens (including phenoxy) is 2. The maximum Gasteiger partial charge on any atom is 0.329 e. The van der Waals surface area contributed by atoms with Gasteiger partial charge in [-0.15, -0.1) is 0 Å². The minimum absolute atomic E-state index is 0.244. The molecule has 158 valence electrons. The van der Waals surface area contributed by atoms with Crippen molar-refractivity contribution in [3.05, 3.63) is 30.0 Å². The highest BCUT2D eigenvalue weighted by Gasteiger charge is 2.24. The van der Waals surface area contributed by atoms with E-state index in [1.54, 1.807) is 12.1 Å². The number of aliphatic carboxylic acids is 1. The number of fused-ring (bicyclic) bond motifs is 1. The zero-order valence-corrected chi connectivity index (χ0v) is 16.1. The van der Waals surface area contributed by atoms with Gasteiger partial charge in [0.2, 0.25) is 5.95 Å². The molecule has 0 radical (unpaired) electrons. The number of aromatic nitrogens is 2. The predicted molar refractivity (Wildman–Crippen MR) is 108 cm³/mol. The number of carboxylic acid groups (broad SMARTS) is 1. The molecule has 0 spiro atoms. The normalized spacial score (nSPS) is 17.7. The number of carboxylic acids is 1. The van der Waals surface area contributed by atoms with Crippen LogP contribution in [0.4, 0.5) is 23.1 Å². The van der Waals surface area contributed by atoms with Crippen molar-refractivity contribution in [2.24, 2.45) is 5.73 Å². The summed E-state index contributed by atoms with van der Waals surface area (Å²) in [4.78, 5) is 30.9. The number of benzene rings is 1. The van der Waals surface area contributed by atoms with Crippen molar-refractivity contribution >= 4 is 35.0 Å². The van der Waals surface area contributed by atoms with E-state index in [-0.39, 0.29) is 24.9 Å². The van der Waals surface area contributed by atoms with E-state index in [2.05, 4.69) is 25.9 Å². The van der Waals surface area contributed by atoms with Crippen LogP contribution in [-0.4, -0.2) is 58.9 Å². The number of nitrogens with zero attached hydrogens (tertiary/aromatic N) is 2. The fourth-order valence-corrected chi connectivity index (χ4v) is 2.92. The average Bonchev–Trinajstić information content (AvgIpc) is 3.53. The number of hydrogen-bond donors (Lipinski definition) is 5. The number of rotatable bonds is 8. The van der Waals surface area contributed by atoms with E-state index in [0.717, 1.165) is 18.5 Å². The van der Waals surface area contributed by atoms with E-state index in [1.807, 2.05) is 6.07 Å². The maximum atomic E-state index is 11.6. The van der Waals surface area contributed by atoms with Crippen LogP contribution in [-0.2, 0) is 9.53 Å². The van der Waals surface area contributed by atoms with E-state index >= 15 is 0 Å². The summed E-state index contributed by atoms with van der Waals surface area (Å²) in [5.74, 6) is -0.252. The zero-order valence-electron chi connectivity index (χ0n) is 16.1. The molecule has 1 aromatic heterocycles. The Kier molecular flexibility index (Phi) is 5.53. The minimum Gasteiger partial charge on any atom is -0.489 e. The second kappa shape index (κ2) is 8.41. The molecule has 11 nitrogen and oxygen atoms in total. The van der Waals surface area contributed by atoms with Crippen molar-refractivity contribution in [3.8, 4) is 5.75 Å². The van der Waals surface area contributed by atoms with Crippen LogP contribution in [0.5, 0.6) is 5.75 Å². The summed E-state index contributed by atoms with van der Waals surface area (Å²) in [6, 6.07) is 5.72. The molecule has 2 heterocycles. The van der Waals surface area contributed by atoms with Crippen LogP contribution in [0.1, 0.15) is 23.2 Å². The Hall–Kier alpha value is -3.60. The molecule has 0 bridgehead atoms.